The highest BCUT2D eigenvalue weighted by Crippen LogP contribution is 2.39. The third kappa shape index (κ3) is 8.23. The summed E-state index contributed by atoms with van der Waals surface area (Å²) in [7, 11) is 0. The number of carbonyl (C=O) groups excluding carboxylic acids is 3. The van der Waals surface area contributed by atoms with Crippen molar-refractivity contribution in [2.45, 2.75) is 39.5 Å². The van der Waals surface area contributed by atoms with Crippen LogP contribution < -0.4 is 4.74 Å². The lowest BCUT2D eigenvalue weighted by molar-refractivity contribution is -0.274. The van der Waals surface area contributed by atoms with Crippen LogP contribution in [0.5, 0.6) is 11.5 Å². The van der Waals surface area contributed by atoms with E-state index < -0.39 is 6.36 Å². The number of ether oxygens (including phenoxy) is 1. The van der Waals surface area contributed by atoms with Gasteiger partial charge >= 0.3 is 6.36 Å². The van der Waals surface area contributed by atoms with Gasteiger partial charge in [0.1, 0.15) is 23.8 Å². The number of benzene rings is 2. The molecule has 0 saturated heterocycles. The quantitative estimate of drug-likeness (QED) is 0.130. The maximum atomic E-state index is 12.8. The molecule has 0 saturated carbocycles. The number of ketones is 3. The molecule has 4 aromatic rings. The minimum Gasteiger partial charge on any atom is -0.506 e. The van der Waals surface area contributed by atoms with Crippen molar-refractivity contribution in [3.05, 3.63) is 92.5 Å². The Morgan fingerprint density at radius 3 is 2.12 bits per heavy atom. The van der Waals surface area contributed by atoms with Crippen molar-refractivity contribution in [3.8, 4) is 21.9 Å². The molecule has 0 radical (unpaired) electrons. The number of aliphatic imine (C=N–C) groups is 1. The van der Waals surface area contributed by atoms with Crippen molar-refractivity contribution in [1.82, 2.24) is 0 Å². The average molecular weight is 614 g/mol. The van der Waals surface area contributed by atoms with Gasteiger partial charge in [0.25, 0.3) is 0 Å². The van der Waals surface area contributed by atoms with Crippen molar-refractivity contribution in [1.29, 1.82) is 0 Å². The molecule has 0 aliphatic heterocycles. The van der Waals surface area contributed by atoms with Crippen LogP contribution in [0.1, 0.15) is 56.3 Å². The van der Waals surface area contributed by atoms with Crippen LogP contribution in [-0.2, 0) is 17.6 Å². The molecule has 0 amide bonds. The molecule has 42 heavy (non-hydrogen) atoms. The van der Waals surface area contributed by atoms with E-state index in [4.69, 9.17) is 0 Å². The van der Waals surface area contributed by atoms with E-state index in [2.05, 4.69) is 9.73 Å². The molecule has 0 aliphatic carbocycles. The van der Waals surface area contributed by atoms with Crippen molar-refractivity contribution in [2.24, 2.45) is 4.99 Å². The van der Waals surface area contributed by atoms with Gasteiger partial charge in [-0.15, -0.1) is 35.8 Å². The number of carbonyl (C=O) groups is 3. The Morgan fingerprint density at radius 2 is 1.50 bits per heavy atom. The lowest BCUT2D eigenvalue weighted by Gasteiger charge is -2.09. The number of rotatable bonds is 12. The van der Waals surface area contributed by atoms with Gasteiger partial charge in [-0.25, -0.2) is 0 Å². The van der Waals surface area contributed by atoms with Crippen LogP contribution in [0.4, 0.5) is 13.2 Å². The summed E-state index contributed by atoms with van der Waals surface area (Å²) >= 11 is 2.31. The Labute approximate surface area is 248 Å². The number of Topliss-reactive ketones (excluding diaryl/α,β-unsaturated/α-hetero) is 3. The molecule has 0 aliphatic rings. The number of halogens is 3. The number of hydrogen-bond donors (Lipinski definition) is 1. The van der Waals surface area contributed by atoms with Crippen molar-refractivity contribution >= 4 is 45.7 Å². The van der Waals surface area contributed by atoms with E-state index in [1.165, 1.54) is 23.5 Å². The number of aromatic hydroxyl groups is 1. The van der Waals surface area contributed by atoms with Gasteiger partial charge in [0, 0.05) is 29.5 Å². The summed E-state index contributed by atoms with van der Waals surface area (Å²) in [6.45, 7) is 3.01. The maximum absolute atomic E-state index is 12.8. The van der Waals surface area contributed by atoms with Crippen LogP contribution in [0.3, 0.4) is 0 Å². The summed E-state index contributed by atoms with van der Waals surface area (Å²) in [6.07, 6.45) is -3.58. The fraction of sp³-hybridized carbons (Fsp3) is 0.226. The molecule has 1 N–H and O–H groups in total. The van der Waals surface area contributed by atoms with E-state index in [9.17, 15) is 32.7 Å². The Bertz CT molecular complexity index is 1620. The number of hydrogen-bond acceptors (Lipinski definition) is 8. The summed E-state index contributed by atoms with van der Waals surface area (Å²) in [5.74, 6) is -0.703. The largest absolute Gasteiger partial charge is 0.573 e. The minimum atomic E-state index is -4.79. The van der Waals surface area contributed by atoms with Gasteiger partial charge in [0.05, 0.1) is 14.6 Å². The molecule has 0 fully saturated rings. The smallest absolute Gasteiger partial charge is 0.506 e. The van der Waals surface area contributed by atoms with Crippen LogP contribution >= 0.6 is 22.7 Å². The zero-order valence-corrected chi connectivity index (χ0v) is 24.3. The van der Waals surface area contributed by atoms with E-state index >= 15 is 0 Å². The summed E-state index contributed by atoms with van der Waals surface area (Å²) < 4.78 is 41.1. The number of nitrogens with zero attached hydrogens (tertiary/aromatic N) is 1. The fourth-order valence-electron chi connectivity index (χ4n) is 4.10. The standard InChI is InChI=1S/C31H26F3NO5S2/c1-18(36)15-21-5-3-20(4-6-21)7-12-25(37)27-13-14-28(42-27)26(38)16-35-19(2)24-17-41-30(29(24)39)22-8-10-23(11-9-22)40-31(32,33)34/h3-6,8-11,13-14,17,39H,7,12,15-16H2,1-2H3. The number of alkyl halides is 3. The van der Waals surface area contributed by atoms with Gasteiger partial charge in [0.15, 0.2) is 11.6 Å². The average Bonchev–Trinajstić information content (AvgIpc) is 3.58. The first-order valence-electron chi connectivity index (χ1n) is 12.8. The first kappa shape index (κ1) is 30.9. The fourth-order valence-corrected chi connectivity index (χ4v) is 6.02. The highest BCUT2D eigenvalue weighted by atomic mass is 32.1. The lowest BCUT2D eigenvalue weighted by atomic mass is 10.0. The van der Waals surface area contributed by atoms with Crippen LogP contribution in [0.15, 0.2) is 71.0 Å². The van der Waals surface area contributed by atoms with Crippen molar-refractivity contribution < 1.29 is 37.4 Å². The van der Waals surface area contributed by atoms with E-state index in [1.54, 1.807) is 31.4 Å². The molecule has 6 nitrogen and oxygen atoms in total. The zero-order chi connectivity index (χ0) is 30.4. The van der Waals surface area contributed by atoms with Crippen LogP contribution in [-0.4, -0.2) is 41.1 Å². The molecule has 0 unspecified atom stereocenters. The summed E-state index contributed by atoms with van der Waals surface area (Å²) in [6, 6.07) is 16.0. The van der Waals surface area contributed by atoms with Gasteiger partial charge in [0.2, 0.25) is 0 Å². The Hall–Kier alpha value is -4.09. The van der Waals surface area contributed by atoms with Gasteiger partial charge in [-0.1, -0.05) is 24.3 Å². The monoisotopic (exact) mass is 613 g/mol. The molecule has 0 bridgehead atoms. The normalized spacial score (nSPS) is 11.9. The third-order valence-corrected chi connectivity index (χ3v) is 8.42. The number of aryl methyl sites for hydroxylation is 1. The molecule has 218 valence electrons. The van der Waals surface area contributed by atoms with E-state index in [1.807, 2.05) is 24.3 Å². The van der Waals surface area contributed by atoms with Crippen LogP contribution in [0.2, 0.25) is 0 Å². The minimum absolute atomic E-state index is 0.0692. The number of thiophene rings is 2. The van der Waals surface area contributed by atoms with Crippen LogP contribution in [0, 0.1) is 0 Å². The molecule has 2 aromatic heterocycles. The summed E-state index contributed by atoms with van der Waals surface area (Å²) in [4.78, 5) is 42.4. The molecule has 4 rings (SSSR count). The second-order valence-corrected chi connectivity index (χ2v) is 11.5. The zero-order valence-electron chi connectivity index (χ0n) is 22.7. The van der Waals surface area contributed by atoms with Gasteiger partial charge in [-0.3, -0.25) is 19.4 Å². The Morgan fingerprint density at radius 1 is 0.881 bits per heavy atom. The topological polar surface area (TPSA) is 93.0 Å². The van der Waals surface area contributed by atoms with Gasteiger partial charge in [-0.2, -0.15) is 0 Å². The predicted octanol–water partition coefficient (Wildman–Crippen LogP) is 7.72. The van der Waals surface area contributed by atoms with Gasteiger partial charge < -0.3 is 9.84 Å². The first-order valence-corrected chi connectivity index (χ1v) is 14.5. The first-order chi connectivity index (χ1) is 19.9. The predicted molar refractivity (Wildman–Crippen MR) is 157 cm³/mol. The van der Waals surface area contributed by atoms with Crippen molar-refractivity contribution in [2.75, 3.05) is 6.54 Å². The molecular weight excluding hydrogens is 587 g/mol. The molecule has 0 spiro atoms. The highest BCUT2D eigenvalue weighted by Gasteiger charge is 2.31. The lowest BCUT2D eigenvalue weighted by Crippen LogP contribution is -2.16. The van der Waals surface area contributed by atoms with E-state index in [0.717, 1.165) is 34.6 Å². The van der Waals surface area contributed by atoms with Crippen LogP contribution in [0.25, 0.3) is 10.4 Å². The SMILES string of the molecule is CC(=O)Cc1ccc(CCC(=O)c2ccc(C(=O)CN=C(C)c3csc(-c4ccc(OC(F)(F)F)cc4)c3O)s2)cc1. The van der Waals surface area contributed by atoms with Crippen molar-refractivity contribution in [3.63, 3.8) is 0 Å². The molecule has 2 heterocycles. The maximum Gasteiger partial charge on any atom is 0.573 e. The Kier molecular flexibility index (Phi) is 9.74. The second-order valence-electron chi connectivity index (χ2n) is 9.51. The van der Waals surface area contributed by atoms with E-state index in [-0.39, 0.29) is 41.8 Å². The van der Waals surface area contributed by atoms with Gasteiger partial charge in [-0.05, 0) is 73.4 Å². The molecular formula is C31H26F3NO5S2. The molecule has 2 aromatic carbocycles. The van der Waals surface area contributed by atoms with E-state index in [0.29, 0.717) is 44.3 Å². The Balaban J connectivity index is 1.34. The third-order valence-electron chi connectivity index (χ3n) is 6.24. The molecule has 0 atom stereocenters. The molecule has 11 heteroatoms. The summed E-state index contributed by atoms with van der Waals surface area (Å²) in [5, 5.41) is 12.4. The second kappa shape index (κ2) is 13.3. The summed E-state index contributed by atoms with van der Waals surface area (Å²) in [5.41, 5.74) is 3.25. The highest BCUT2D eigenvalue weighted by molar-refractivity contribution is 7.16.